The Hall–Kier alpha value is -2.10. The fourth-order valence-corrected chi connectivity index (χ4v) is 2.36. The van der Waals surface area contributed by atoms with Crippen LogP contribution in [0.15, 0.2) is 36.4 Å². The summed E-state index contributed by atoms with van der Waals surface area (Å²) in [5.41, 5.74) is 1.56. The maximum Gasteiger partial charge on any atom is 0.224 e. The standard InChI is InChI=1S/C16H20N2O2/c1-17-15(19)11-13-8-4-5-9-14(13)18-16(20)10-12-6-2-3-7-12/h2,4-6,8-9,12H,3,7,10-11H2,1H3,(H,17,19)(H,18,20)/t12-/m1/s1. The first-order valence-corrected chi connectivity index (χ1v) is 6.94. The van der Waals surface area contributed by atoms with Gasteiger partial charge < -0.3 is 10.6 Å². The van der Waals surface area contributed by atoms with E-state index in [0.717, 1.165) is 24.1 Å². The fourth-order valence-electron chi connectivity index (χ4n) is 2.36. The van der Waals surface area contributed by atoms with Gasteiger partial charge in [0.15, 0.2) is 0 Å². The number of hydrogen-bond acceptors (Lipinski definition) is 2. The molecule has 4 nitrogen and oxygen atoms in total. The Balaban J connectivity index is 1.99. The molecule has 4 heteroatoms. The molecule has 1 atom stereocenters. The number of para-hydroxylation sites is 1. The molecule has 0 bridgehead atoms. The van der Waals surface area contributed by atoms with Gasteiger partial charge in [0.1, 0.15) is 0 Å². The lowest BCUT2D eigenvalue weighted by Gasteiger charge is -2.12. The zero-order valence-electron chi connectivity index (χ0n) is 11.7. The average Bonchev–Trinajstić information content (AvgIpc) is 2.93. The van der Waals surface area contributed by atoms with Crippen molar-refractivity contribution >= 4 is 17.5 Å². The zero-order chi connectivity index (χ0) is 14.4. The number of nitrogens with one attached hydrogen (secondary N) is 2. The number of carbonyl (C=O) groups is 2. The first-order valence-electron chi connectivity index (χ1n) is 6.94. The van der Waals surface area contributed by atoms with Crippen LogP contribution in [0.3, 0.4) is 0 Å². The molecule has 0 heterocycles. The van der Waals surface area contributed by atoms with E-state index in [1.807, 2.05) is 24.3 Å². The van der Waals surface area contributed by atoms with Gasteiger partial charge in [0.25, 0.3) is 0 Å². The van der Waals surface area contributed by atoms with E-state index in [1.54, 1.807) is 7.05 Å². The second-order valence-corrected chi connectivity index (χ2v) is 5.02. The molecule has 0 unspecified atom stereocenters. The molecule has 1 aromatic carbocycles. The minimum Gasteiger partial charge on any atom is -0.359 e. The van der Waals surface area contributed by atoms with Crippen LogP contribution < -0.4 is 10.6 Å². The number of allylic oxidation sites excluding steroid dienone is 2. The molecule has 0 saturated carbocycles. The number of amides is 2. The van der Waals surface area contributed by atoms with Crippen molar-refractivity contribution < 1.29 is 9.59 Å². The zero-order valence-corrected chi connectivity index (χ0v) is 11.7. The maximum absolute atomic E-state index is 12.0. The van der Waals surface area contributed by atoms with Crippen molar-refractivity contribution in [2.24, 2.45) is 5.92 Å². The molecule has 0 aromatic heterocycles. The van der Waals surface area contributed by atoms with Crippen molar-refractivity contribution in [1.29, 1.82) is 0 Å². The Kier molecular flexibility index (Phi) is 4.93. The molecule has 2 N–H and O–H groups in total. The highest BCUT2D eigenvalue weighted by molar-refractivity contribution is 5.92. The molecule has 1 aliphatic rings. The molecule has 1 aromatic rings. The molecule has 1 aliphatic carbocycles. The van der Waals surface area contributed by atoms with Gasteiger partial charge in [-0.2, -0.15) is 0 Å². The third-order valence-electron chi connectivity index (χ3n) is 3.48. The van der Waals surface area contributed by atoms with Crippen LogP contribution in [0, 0.1) is 5.92 Å². The van der Waals surface area contributed by atoms with E-state index < -0.39 is 0 Å². The lowest BCUT2D eigenvalue weighted by atomic mass is 10.0. The predicted molar refractivity (Wildman–Crippen MR) is 79.3 cm³/mol. The number of hydrogen-bond donors (Lipinski definition) is 2. The number of benzene rings is 1. The van der Waals surface area contributed by atoms with E-state index in [4.69, 9.17) is 0 Å². The summed E-state index contributed by atoms with van der Waals surface area (Å²) in [6.07, 6.45) is 7.12. The monoisotopic (exact) mass is 272 g/mol. The summed E-state index contributed by atoms with van der Waals surface area (Å²) < 4.78 is 0. The SMILES string of the molecule is CNC(=O)Cc1ccccc1NC(=O)C[C@@H]1C=CCC1. The highest BCUT2D eigenvalue weighted by Gasteiger charge is 2.15. The highest BCUT2D eigenvalue weighted by atomic mass is 16.2. The number of rotatable bonds is 5. The molecule has 0 aliphatic heterocycles. The Morgan fingerprint density at radius 3 is 2.75 bits per heavy atom. The highest BCUT2D eigenvalue weighted by Crippen LogP contribution is 2.22. The summed E-state index contributed by atoms with van der Waals surface area (Å²) >= 11 is 0. The van der Waals surface area contributed by atoms with Crippen molar-refractivity contribution in [3.63, 3.8) is 0 Å². The topological polar surface area (TPSA) is 58.2 Å². The van der Waals surface area contributed by atoms with Crippen LogP contribution in [0.1, 0.15) is 24.8 Å². The first kappa shape index (κ1) is 14.3. The van der Waals surface area contributed by atoms with Crippen molar-refractivity contribution in [3.05, 3.63) is 42.0 Å². The van der Waals surface area contributed by atoms with Crippen molar-refractivity contribution in [2.75, 3.05) is 12.4 Å². The smallest absolute Gasteiger partial charge is 0.224 e. The molecule has 2 rings (SSSR count). The van der Waals surface area contributed by atoms with Gasteiger partial charge in [0.2, 0.25) is 11.8 Å². The van der Waals surface area contributed by atoms with Crippen molar-refractivity contribution in [1.82, 2.24) is 5.32 Å². The van der Waals surface area contributed by atoms with Crippen LogP contribution in [-0.4, -0.2) is 18.9 Å². The molecule has 0 fully saturated rings. The van der Waals surface area contributed by atoms with Gasteiger partial charge >= 0.3 is 0 Å². The van der Waals surface area contributed by atoms with Gasteiger partial charge in [-0.05, 0) is 30.4 Å². The van der Waals surface area contributed by atoms with E-state index in [9.17, 15) is 9.59 Å². The largest absolute Gasteiger partial charge is 0.359 e. The van der Waals surface area contributed by atoms with Gasteiger partial charge in [0.05, 0.1) is 6.42 Å². The van der Waals surface area contributed by atoms with Crippen LogP contribution in [-0.2, 0) is 16.0 Å². The van der Waals surface area contributed by atoms with Gasteiger partial charge in [-0.1, -0.05) is 30.4 Å². The summed E-state index contributed by atoms with van der Waals surface area (Å²) in [7, 11) is 1.61. The second kappa shape index (κ2) is 6.89. The second-order valence-electron chi connectivity index (χ2n) is 5.02. The normalized spacial score (nSPS) is 16.9. The third-order valence-corrected chi connectivity index (χ3v) is 3.48. The lowest BCUT2D eigenvalue weighted by Crippen LogP contribution is -2.21. The minimum atomic E-state index is -0.0644. The van der Waals surface area contributed by atoms with Crippen LogP contribution in [0.25, 0.3) is 0 Å². The molecule has 0 saturated heterocycles. The lowest BCUT2D eigenvalue weighted by molar-refractivity contribution is -0.120. The van der Waals surface area contributed by atoms with E-state index in [-0.39, 0.29) is 18.2 Å². The summed E-state index contributed by atoms with van der Waals surface area (Å²) in [6, 6.07) is 7.42. The van der Waals surface area contributed by atoms with Crippen LogP contribution in [0.2, 0.25) is 0 Å². The fraction of sp³-hybridized carbons (Fsp3) is 0.375. The first-order chi connectivity index (χ1) is 9.69. The Bertz CT molecular complexity index is 523. The molecule has 2 amide bonds. The summed E-state index contributed by atoms with van der Waals surface area (Å²) in [4.78, 5) is 23.5. The Morgan fingerprint density at radius 2 is 2.05 bits per heavy atom. The third kappa shape index (κ3) is 3.95. The molecule has 0 radical (unpaired) electrons. The van der Waals surface area contributed by atoms with Gasteiger partial charge in [-0.15, -0.1) is 0 Å². The van der Waals surface area contributed by atoms with Gasteiger partial charge in [0, 0.05) is 19.2 Å². The Labute approximate surface area is 119 Å². The minimum absolute atomic E-state index is 0.00547. The maximum atomic E-state index is 12.0. The van der Waals surface area contributed by atoms with Crippen LogP contribution >= 0.6 is 0 Å². The summed E-state index contributed by atoms with van der Waals surface area (Å²) in [5, 5.41) is 5.51. The number of anilines is 1. The van der Waals surface area contributed by atoms with E-state index in [0.29, 0.717) is 12.3 Å². The van der Waals surface area contributed by atoms with E-state index >= 15 is 0 Å². The molecular weight excluding hydrogens is 252 g/mol. The van der Waals surface area contributed by atoms with E-state index in [1.165, 1.54) is 0 Å². The number of carbonyl (C=O) groups excluding carboxylic acids is 2. The van der Waals surface area contributed by atoms with E-state index in [2.05, 4.69) is 22.8 Å². The van der Waals surface area contributed by atoms with Crippen LogP contribution in [0.5, 0.6) is 0 Å². The van der Waals surface area contributed by atoms with Crippen LogP contribution in [0.4, 0.5) is 5.69 Å². The quantitative estimate of drug-likeness (QED) is 0.808. The van der Waals surface area contributed by atoms with Crippen molar-refractivity contribution in [3.8, 4) is 0 Å². The summed E-state index contributed by atoms with van der Waals surface area (Å²) in [5.74, 6) is 0.289. The number of likely N-dealkylation sites (N-methyl/N-ethyl adjacent to an activating group) is 1. The molecule has 20 heavy (non-hydrogen) atoms. The summed E-state index contributed by atoms with van der Waals surface area (Å²) in [6.45, 7) is 0. The van der Waals surface area contributed by atoms with Gasteiger partial charge in [-0.3, -0.25) is 9.59 Å². The molecule has 106 valence electrons. The van der Waals surface area contributed by atoms with Crippen molar-refractivity contribution in [2.45, 2.75) is 25.7 Å². The average molecular weight is 272 g/mol. The van der Waals surface area contributed by atoms with Gasteiger partial charge in [-0.25, -0.2) is 0 Å². The molecule has 0 spiro atoms. The Morgan fingerprint density at radius 1 is 1.25 bits per heavy atom. The molecular formula is C16H20N2O2. The predicted octanol–water partition coefficient (Wildman–Crippen LogP) is 2.27.